The van der Waals surface area contributed by atoms with Crippen molar-refractivity contribution in [1.29, 1.82) is 0 Å². The van der Waals surface area contributed by atoms with Crippen molar-refractivity contribution in [3.63, 3.8) is 0 Å². The van der Waals surface area contributed by atoms with Crippen molar-refractivity contribution in [2.45, 2.75) is 12.8 Å². The Morgan fingerprint density at radius 2 is 2.21 bits per heavy atom. The van der Waals surface area contributed by atoms with E-state index in [9.17, 15) is 0 Å². The number of nitrogen functional groups attached to an aromatic ring is 1. The molecule has 0 unspecified atom stereocenters. The highest BCUT2D eigenvalue weighted by atomic mass is 16.5. The third-order valence-corrected chi connectivity index (χ3v) is 3.70. The zero-order valence-electron chi connectivity index (χ0n) is 11.6. The van der Waals surface area contributed by atoms with Gasteiger partial charge in [-0.05, 0) is 44.0 Å². The lowest BCUT2D eigenvalue weighted by molar-refractivity contribution is 0.122. The second-order valence-electron chi connectivity index (χ2n) is 5.13. The van der Waals surface area contributed by atoms with Crippen LogP contribution in [-0.4, -0.2) is 49.8 Å². The molecule has 106 valence electrons. The van der Waals surface area contributed by atoms with E-state index in [1.807, 2.05) is 12.1 Å². The molecule has 3 N–H and O–H groups in total. The molecule has 0 aliphatic carbocycles. The molecule has 0 bridgehead atoms. The number of aromatic nitrogens is 1. The highest BCUT2D eigenvalue weighted by Crippen LogP contribution is 2.18. The first kappa shape index (κ1) is 14.1. The Bertz CT molecular complexity index is 360. The van der Waals surface area contributed by atoms with Crippen LogP contribution in [0.5, 0.6) is 0 Å². The standard InChI is InChI=1S/C14H24N4O/c1-19-9-8-18-6-4-12(5-7-18)10-16-13-2-3-14(15)17-11-13/h2-3,11-12,16H,4-10H2,1H3,(H2,15,17). The number of rotatable bonds is 6. The van der Waals surface area contributed by atoms with Gasteiger partial charge in [0.05, 0.1) is 18.5 Å². The SMILES string of the molecule is COCCN1CCC(CNc2ccc(N)nc2)CC1. The molecule has 1 aromatic rings. The molecule has 2 heterocycles. The third-order valence-electron chi connectivity index (χ3n) is 3.70. The summed E-state index contributed by atoms with van der Waals surface area (Å²) in [6.45, 7) is 5.26. The van der Waals surface area contributed by atoms with Gasteiger partial charge in [0.1, 0.15) is 5.82 Å². The van der Waals surface area contributed by atoms with Crippen LogP contribution < -0.4 is 11.1 Å². The van der Waals surface area contributed by atoms with Crippen LogP contribution in [0.25, 0.3) is 0 Å². The Balaban J connectivity index is 1.67. The summed E-state index contributed by atoms with van der Waals surface area (Å²) in [6, 6.07) is 3.81. The number of hydrogen-bond donors (Lipinski definition) is 2. The molecule has 0 amide bonds. The molecule has 0 radical (unpaired) electrons. The van der Waals surface area contributed by atoms with Gasteiger partial charge in [-0.3, -0.25) is 0 Å². The average Bonchev–Trinajstić information content (AvgIpc) is 2.46. The lowest BCUT2D eigenvalue weighted by atomic mass is 9.97. The molecule has 0 atom stereocenters. The van der Waals surface area contributed by atoms with Crippen molar-refractivity contribution in [2.75, 3.05) is 50.9 Å². The van der Waals surface area contributed by atoms with E-state index in [0.717, 1.165) is 31.3 Å². The maximum absolute atomic E-state index is 5.57. The molecule has 1 aliphatic rings. The Morgan fingerprint density at radius 1 is 1.42 bits per heavy atom. The van der Waals surface area contributed by atoms with Gasteiger partial charge in [-0.2, -0.15) is 0 Å². The van der Waals surface area contributed by atoms with Gasteiger partial charge in [-0.15, -0.1) is 0 Å². The molecule has 2 rings (SSSR count). The molecule has 1 aromatic heterocycles. The molecular weight excluding hydrogens is 240 g/mol. The molecule has 5 heteroatoms. The van der Waals surface area contributed by atoms with E-state index in [1.54, 1.807) is 13.3 Å². The summed E-state index contributed by atoms with van der Waals surface area (Å²) in [5.74, 6) is 1.31. The molecule has 19 heavy (non-hydrogen) atoms. The molecule has 1 saturated heterocycles. The first-order valence-electron chi connectivity index (χ1n) is 6.94. The maximum Gasteiger partial charge on any atom is 0.123 e. The van der Waals surface area contributed by atoms with E-state index in [1.165, 1.54) is 25.9 Å². The summed E-state index contributed by atoms with van der Waals surface area (Å²) in [7, 11) is 1.76. The van der Waals surface area contributed by atoms with Gasteiger partial charge >= 0.3 is 0 Å². The topological polar surface area (TPSA) is 63.4 Å². The lowest BCUT2D eigenvalue weighted by Gasteiger charge is -2.31. The van der Waals surface area contributed by atoms with Crippen LogP contribution >= 0.6 is 0 Å². The van der Waals surface area contributed by atoms with Gasteiger partial charge < -0.3 is 20.7 Å². The minimum Gasteiger partial charge on any atom is -0.384 e. The fraction of sp³-hybridized carbons (Fsp3) is 0.643. The molecule has 1 aliphatic heterocycles. The van der Waals surface area contributed by atoms with Crippen molar-refractivity contribution in [3.05, 3.63) is 18.3 Å². The van der Waals surface area contributed by atoms with Crippen molar-refractivity contribution >= 4 is 11.5 Å². The quantitative estimate of drug-likeness (QED) is 0.814. The van der Waals surface area contributed by atoms with Gasteiger partial charge in [0.15, 0.2) is 0 Å². The maximum atomic E-state index is 5.57. The zero-order chi connectivity index (χ0) is 13.5. The molecule has 0 saturated carbocycles. The van der Waals surface area contributed by atoms with Crippen LogP contribution in [0, 0.1) is 5.92 Å². The highest BCUT2D eigenvalue weighted by Gasteiger charge is 2.18. The smallest absolute Gasteiger partial charge is 0.123 e. The van der Waals surface area contributed by atoms with Gasteiger partial charge in [-0.25, -0.2) is 4.98 Å². The van der Waals surface area contributed by atoms with Crippen molar-refractivity contribution in [1.82, 2.24) is 9.88 Å². The Kier molecular flexibility index (Phi) is 5.42. The molecule has 0 spiro atoms. The monoisotopic (exact) mass is 264 g/mol. The van der Waals surface area contributed by atoms with E-state index in [-0.39, 0.29) is 0 Å². The predicted octanol–water partition coefficient (Wildman–Crippen LogP) is 1.43. The molecule has 0 aromatic carbocycles. The van der Waals surface area contributed by atoms with Gasteiger partial charge in [0, 0.05) is 20.2 Å². The molecular formula is C14H24N4O. The minimum absolute atomic E-state index is 0.567. The fourth-order valence-electron chi connectivity index (χ4n) is 2.41. The highest BCUT2D eigenvalue weighted by molar-refractivity contribution is 5.45. The fourth-order valence-corrected chi connectivity index (χ4v) is 2.41. The van der Waals surface area contributed by atoms with Crippen LogP contribution in [0.2, 0.25) is 0 Å². The Hall–Kier alpha value is -1.33. The number of nitrogens with zero attached hydrogens (tertiary/aromatic N) is 2. The van der Waals surface area contributed by atoms with Gasteiger partial charge in [0.25, 0.3) is 0 Å². The summed E-state index contributed by atoms with van der Waals surface area (Å²) in [6.07, 6.45) is 4.29. The van der Waals surface area contributed by atoms with Crippen LogP contribution in [0.4, 0.5) is 11.5 Å². The number of methoxy groups -OCH3 is 1. The first-order valence-corrected chi connectivity index (χ1v) is 6.94. The van der Waals surface area contributed by atoms with Crippen LogP contribution in [0.3, 0.4) is 0 Å². The zero-order valence-corrected chi connectivity index (χ0v) is 11.6. The third kappa shape index (κ3) is 4.69. The van der Waals surface area contributed by atoms with Crippen LogP contribution in [0.1, 0.15) is 12.8 Å². The summed E-state index contributed by atoms with van der Waals surface area (Å²) in [5.41, 5.74) is 6.62. The number of pyridine rings is 1. The van der Waals surface area contributed by atoms with Crippen molar-refractivity contribution in [3.8, 4) is 0 Å². The molecule has 5 nitrogen and oxygen atoms in total. The summed E-state index contributed by atoms with van der Waals surface area (Å²) >= 11 is 0. The average molecular weight is 264 g/mol. The van der Waals surface area contributed by atoms with Crippen LogP contribution in [-0.2, 0) is 4.74 Å². The van der Waals surface area contributed by atoms with E-state index in [0.29, 0.717) is 5.82 Å². The first-order chi connectivity index (χ1) is 9.28. The number of likely N-dealkylation sites (tertiary alicyclic amines) is 1. The van der Waals surface area contributed by atoms with E-state index < -0.39 is 0 Å². The predicted molar refractivity (Wildman–Crippen MR) is 78.2 cm³/mol. The largest absolute Gasteiger partial charge is 0.384 e. The number of nitrogens with one attached hydrogen (secondary N) is 1. The number of nitrogens with two attached hydrogens (primary N) is 1. The summed E-state index contributed by atoms with van der Waals surface area (Å²) < 4.78 is 5.12. The van der Waals surface area contributed by atoms with Crippen molar-refractivity contribution in [2.24, 2.45) is 5.92 Å². The Labute approximate surface area is 115 Å². The van der Waals surface area contributed by atoms with Gasteiger partial charge in [0.2, 0.25) is 0 Å². The second-order valence-corrected chi connectivity index (χ2v) is 5.13. The number of ether oxygens (including phenoxy) is 1. The Morgan fingerprint density at radius 3 is 2.84 bits per heavy atom. The number of hydrogen-bond acceptors (Lipinski definition) is 5. The normalized spacial score (nSPS) is 17.5. The summed E-state index contributed by atoms with van der Waals surface area (Å²) in [5, 5.41) is 3.44. The molecule has 1 fully saturated rings. The van der Waals surface area contributed by atoms with Crippen LogP contribution in [0.15, 0.2) is 18.3 Å². The van der Waals surface area contributed by atoms with Gasteiger partial charge in [-0.1, -0.05) is 0 Å². The second kappa shape index (κ2) is 7.31. The number of piperidine rings is 1. The summed E-state index contributed by atoms with van der Waals surface area (Å²) in [4.78, 5) is 6.56. The lowest BCUT2D eigenvalue weighted by Crippen LogP contribution is -2.37. The number of anilines is 2. The van der Waals surface area contributed by atoms with E-state index in [2.05, 4.69) is 15.2 Å². The van der Waals surface area contributed by atoms with Crippen molar-refractivity contribution < 1.29 is 4.74 Å². The van der Waals surface area contributed by atoms with E-state index in [4.69, 9.17) is 10.5 Å². The minimum atomic E-state index is 0.567. The van der Waals surface area contributed by atoms with E-state index >= 15 is 0 Å².